The van der Waals surface area contributed by atoms with Crippen LogP contribution in [0.2, 0.25) is 10.0 Å². The fourth-order valence-electron chi connectivity index (χ4n) is 2.75. The minimum absolute atomic E-state index is 0.0753. The first-order valence-electron chi connectivity index (χ1n) is 7.67. The third-order valence-electron chi connectivity index (χ3n) is 3.79. The lowest BCUT2D eigenvalue weighted by Gasteiger charge is -2.24. The smallest absolute Gasteiger partial charge is 0.249 e. The molecule has 0 bridgehead atoms. The molecule has 1 atom stereocenters. The number of allylic oxidation sites excluding steroid dienone is 1. The Hall–Kier alpha value is -1.52. The van der Waals surface area contributed by atoms with Crippen LogP contribution in [0.15, 0.2) is 29.8 Å². The van der Waals surface area contributed by atoms with Crippen LogP contribution in [0.25, 0.3) is 0 Å². The number of anilines is 1. The third-order valence-corrected chi connectivity index (χ3v) is 4.23. The van der Waals surface area contributed by atoms with Crippen LogP contribution in [0.5, 0.6) is 0 Å². The minimum Gasteiger partial charge on any atom is -0.327 e. The molecule has 6 heteroatoms. The minimum atomic E-state index is -0.458. The van der Waals surface area contributed by atoms with Crippen molar-refractivity contribution in [3.63, 3.8) is 0 Å². The van der Waals surface area contributed by atoms with Crippen LogP contribution in [0, 0.1) is 0 Å². The summed E-state index contributed by atoms with van der Waals surface area (Å²) in [5, 5.41) is 3.71. The van der Waals surface area contributed by atoms with Crippen molar-refractivity contribution in [1.29, 1.82) is 0 Å². The quantitative estimate of drug-likeness (QED) is 0.820. The molecule has 23 heavy (non-hydrogen) atoms. The van der Waals surface area contributed by atoms with Crippen LogP contribution in [-0.4, -0.2) is 29.3 Å². The molecule has 1 aliphatic heterocycles. The first-order chi connectivity index (χ1) is 10.9. The Balaban J connectivity index is 2.11. The van der Waals surface area contributed by atoms with Crippen LogP contribution in [0.3, 0.4) is 0 Å². The van der Waals surface area contributed by atoms with Crippen molar-refractivity contribution in [3.8, 4) is 0 Å². The van der Waals surface area contributed by atoms with Crippen LogP contribution in [0.4, 0.5) is 5.69 Å². The van der Waals surface area contributed by atoms with Crippen molar-refractivity contribution in [1.82, 2.24) is 4.90 Å². The first kappa shape index (κ1) is 17.8. The first-order valence-corrected chi connectivity index (χ1v) is 8.42. The number of amides is 2. The Labute approximate surface area is 146 Å². The summed E-state index contributed by atoms with van der Waals surface area (Å²) in [6, 6.07) is 4.41. The van der Waals surface area contributed by atoms with E-state index in [9.17, 15) is 9.59 Å². The van der Waals surface area contributed by atoms with Gasteiger partial charge < -0.3 is 10.2 Å². The number of nitrogens with one attached hydrogen (secondary N) is 1. The maximum Gasteiger partial charge on any atom is 0.249 e. The van der Waals surface area contributed by atoms with Crippen LogP contribution in [-0.2, 0) is 9.59 Å². The van der Waals surface area contributed by atoms with Gasteiger partial charge in [0.2, 0.25) is 11.8 Å². The van der Waals surface area contributed by atoms with Crippen LogP contribution in [0.1, 0.15) is 33.1 Å². The van der Waals surface area contributed by atoms with Crippen molar-refractivity contribution in [2.24, 2.45) is 0 Å². The molecule has 0 radical (unpaired) electrons. The second kappa shape index (κ2) is 7.84. The van der Waals surface area contributed by atoms with Crippen molar-refractivity contribution < 1.29 is 9.59 Å². The average Bonchev–Trinajstić information content (AvgIpc) is 2.95. The highest BCUT2D eigenvalue weighted by molar-refractivity contribution is 6.35. The lowest BCUT2D eigenvalue weighted by molar-refractivity contribution is -0.133. The van der Waals surface area contributed by atoms with E-state index in [1.54, 1.807) is 30.0 Å². The summed E-state index contributed by atoms with van der Waals surface area (Å²) < 4.78 is 0. The van der Waals surface area contributed by atoms with Gasteiger partial charge in [0.15, 0.2) is 0 Å². The Morgan fingerprint density at radius 3 is 2.57 bits per heavy atom. The van der Waals surface area contributed by atoms with E-state index in [0.29, 0.717) is 34.3 Å². The standard InChI is InChI=1S/C17H20Cl2N2O2/c1-3-5-11(2)17(23)21-7-4-6-15(21)16(22)20-14-9-12(18)8-13(19)10-14/h5,8-10,15H,3-4,6-7H2,1-2H3,(H,20,22)/b11-5-. The average molecular weight is 355 g/mol. The van der Waals surface area contributed by atoms with Crippen molar-refractivity contribution in [2.45, 2.75) is 39.2 Å². The van der Waals surface area contributed by atoms with E-state index in [2.05, 4.69) is 5.32 Å². The molecule has 1 aliphatic rings. The van der Waals surface area contributed by atoms with Crippen molar-refractivity contribution >= 4 is 40.7 Å². The van der Waals surface area contributed by atoms with Gasteiger partial charge in [-0.15, -0.1) is 0 Å². The van der Waals surface area contributed by atoms with Gasteiger partial charge in [-0.3, -0.25) is 9.59 Å². The predicted molar refractivity (Wildman–Crippen MR) is 93.9 cm³/mol. The lowest BCUT2D eigenvalue weighted by Crippen LogP contribution is -2.43. The number of benzene rings is 1. The number of rotatable bonds is 4. The number of hydrogen-bond donors (Lipinski definition) is 1. The molecular weight excluding hydrogens is 335 g/mol. The van der Waals surface area contributed by atoms with Gasteiger partial charge in [-0.1, -0.05) is 36.2 Å². The molecule has 1 fully saturated rings. The van der Waals surface area contributed by atoms with Gasteiger partial charge in [0.25, 0.3) is 0 Å². The van der Waals surface area contributed by atoms with Crippen LogP contribution < -0.4 is 5.32 Å². The zero-order valence-corrected chi connectivity index (χ0v) is 14.7. The van der Waals surface area contributed by atoms with Crippen LogP contribution >= 0.6 is 23.2 Å². The molecule has 1 saturated heterocycles. The monoisotopic (exact) mass is 354 g/mol. The lowest BCUT2D eigenvalue weighted by atomic mass is 10.1. The van der Waals surface area contributed by atoms with E-state index in [0.717, 1.165) is 12.8 Å². The van der Waals surface area contributed by atoms with Crippen molar-refractivity contribution in [3.05, 3.63) is 39.9 Å². The summed E-state index contributed by atoms with van der Waals surface area (Å²) in [5.41, 5.74) is 1.21. The molecule has 1 aromatic rings. The molecular formula is C17H20Cl2N2O2. The predicted octanol–water partition coefficient (Wildman–Crippen LogP) is 4.28. The Bertz CT molecular complexity index is 623. The van der Waals surface area contributed by atoms with E-state index in [1.807, 2.05) is 13.0 Å². The maximum atomic E-state index is 12.5. The SMILES string of the molecule is CC/C=C(/C)C(=O)N1CCCC1C(=O)Nc1cc(Cl)cc(Cl)c1. The molecule has 1 unspecified atom stereocenters. The van der Waals surface area contributed by atoms with Gasteiger partial charge in [-0.2, -0.15) is 0 Å². The molecule has 1 aromatic carbocycles. The molecule has 124 valence electrons. The third kappa shape index (κ3) is 4.49. The van der Waals surface area contributed by atoms with E-state index in [4.69, 9.17) is 23.2 Å². The zero-order valence-electron chi connectivity index (χ0n) is 13.2. The van der Waals surface area contributed by atoms with E-state index < -0.39 is 6.04 Å². The largest absolute Gasteiger partial charge is 0.327 e. The number of carbonyl (C=O) groups excluding carboxylic acids is 2. The van der Waals surface area contributed by atoms with Crippen molar-refractivity contribution in [2.75, 3.05) is 11.9 Å². The topological polar surface area (TPSA) is 49.4 Å². The van der Waals surface area contributed by atoms with Gasteiger partial charge in [0.1, 0.15) is 6.04 Å². The summed E-state index contributed by atoms with van der Waals surface area (Å²) in [6.07, 6.45) is 4.15. The second-order valence-electron chi connectivity index (χ2n) is 5.60. The van der Waals surface area contributed by atoms with Gasteiger partial charge >= 0.3 is 0 Å². The highest BCUT2D eigenvalue weighted by Gasteiger charge is 2.34. The molecule has 1 N–H and O–H groups in total. The molecule has 0 aromatic heterocycles. The molecule has 0 aliphatic carbocycles. The summed E-state index contributed by atoms with van der Waals surface area (Å²) in [6.45, 7) is 4.37. The number of carbonyl (C=O) groups is 2. The number of halogens is 2. The van der Waals surface area contributed by atoms with Gasteiger partial charge in [-0.25, -0.2) is 0 Å². The molecule has 1 heterocycles. The normalized spacial score (nSPS) is 18.2. The Morgan fingerprint density at radius 2 is 1.96 bits per heavy atom. The van der Waals surface area contributed by atoms with E-state index in [1.165, 1.54) is 0 Å². The number of hydrogen-bond acceptors (Lipinski definition) is 2. The summed E-state index contributed by atoms with van der Waals surface area (Å²) in [7, 11) is 0. The maximum absolute atomic E-state index is 12.5. The summed E-state index contributed by atoms with van der Waals surface area (Å²) in [4.78, 5) is 26.6. The summed E-state index contributed by atoms with van der Waals surface area (Å²) >= 11 is 11.9. The fourth-order valence-corrected chi connectivity index (χ4v) is 3.28. The number of likely N-dealkylation sites (tertiary alicyclic amines) is 1. The highest BCUT2D eigenvalue weighted by Crippen LogP contribution is 2.25. The van der Waals surface area contributed by atoms with Gasteiger partial charge in [-0.05, 0) is 44.4 Å². The van der Waals surface area contributed by atoms with Gasteiger partial charge in [0.05, 0.1) is 0 Å². The fraction of sp³-hybridized carbons (Fsp3) is 0.412. The highest BCUT2D eigenvalue weighted by atomic mass is 35.5. The molecule has 0 saturated carbocycles. The molecule has 0 spiro atoms. The molecule has 4 nitrogen and oxygen atoms in total. The Kier molecular flexibility index (Phi) is 6.08. The molecule has 2 amide bonds. The molecule has 2 rings (SSSR count). The van der Waals surface area contributed by atoms with E-state index in [-0.39, 0.29) is 11.8 Å². The Morgan fingerprint density at radius 1 is 1.30 bits per heavy atom. The van der Waals surface area contributed by atoms with Gasteiger partial charge in [0, 0.05) is 27.9 Å². The van der Waals surface area contributed by atoms with E-state index >= 15 is 0 Å². The second-order valence-corrected chi connectivity index (χ2v) is 6.47. The number of nitrogens with zero attached hydrogens (tertiary/aromatic N) is 1. The summed E-state index contributed by atoms with van der Waals surface area (Å²) in [5.74, 6) is -0.285. The zero-order chi connectivity index (χ0) is 17.0.